The fraction of sp³-hybridized carbons (Fsp3) is 0.500. The molecule has 1 aliphatic rings. The molecule has 0 amide bonds. The highest BCUT2D eigenvalue weighted by Gasteiger charge is 2.23. The molecule has 0 aromatic heterocycles. The number of benzene rings is 1. The van der Waals surface area contributed by atoms with E-state index in [1.807, 2.05) is 12.1 Å². The zero-order valence-electron chi connectivity index (χ0n) is 11.1. The second-order valence-corrected chi connectivity index (χ2v) is 5.29. The van der Waals surface area contributed by atoms with Crippen molar-refractivity contribution in [2.75, 3.05) is 18.4 Å². The molecule has 0 radical (unpaired) electrons. The van der Waals surface area contributed by atoms with Crippen LogP contribution in [-0.2, 0) is 4.74 Å². The third kappa shape index (κ3) is 3.21. The molecule has 1 aromatic carbocycles. The number of thiocarbonyl (C=S) groups is 1. The number of hydrogen-bond acceptors (Lipinski definition) is 2. The second kappa shape index (κ2) is 5.67. The third-order valence-electron chi connectivity index (χ3n) is 3.09. The van der Waals surface area contributed by atoms with Gasteiger partial charge in [0, 0.05) is 18.8 Å². The minimum atomic E-state index is 0.227. The van der Waals surface area contributed by atoms with Gasteiger partial charge in [0.05, 0.1) is 12.2 Å². The summed E-state index contributed by atoms with van der Waals surface area (Å²) >= 11 is 5.48. The van der Waals surface area contributed by atoms with Crippen molar-refractivity contribution < 1.29 is 4.74 Å². The lowest BCUT2D eigenvalue weighted by Crippen LogP contribution is -2.49. The summed E-state index contributed by atoms with van der Waals surface area (Å²) in [4.78, 5) is 2.18. The van der Waals surface area contributed by atoms with E-state index in [-0.39, 0.29) is 12.2 Å². The Bertz CT molecular complexity index is 426. The van der Waals surface area contributed by atoms with Crippen LogP contribution < -0.4 is 5.32 Å². The Labute approximate surface area is 114 Å². The van der Waals surface area contributed by atoms with E-state index in [0.29, 0.717) is 0 Å². The van der Waals surface area contributed by atoms with Gasteiger partial charge in [-0.05, 0) is 44.6 Å². The number of nitrogens with one attached hydrogen (secondary N) is 1. The highest BCUT2D eigenvalue weighted by atomic mass is 32.1. The van der Waals surface area contributed by atoms with E-state index in [9.17, 15) is 0 Å². The number of rotatable bonds is 1. The van der Waals surface area contributed by atoms with E-state index in [2.05, 4.69) is 43.1 Å². The number of morpholine rings is 1. The lowest BCUT2D eigenvalue weighted by atomic mass is 10.2. The second-order valence-electron chi connectivity index (χ2n) is 4.91. The third-order valence-corrected chi connectivity index (χ3v) is 3.45. The summed E-state index contributed by atoms with van der Waals surface area (Å²) < 4.78 is 5.71. The Balaban J connectivity index is 2.02. The van der Waals surface area contributed by atoms with Gasteiger partial charge >= 0.3 is 0 Å². The normalized spacial score (nSPS) is 23.8. The molecule has 1 saturated heterocycles. The minimum absolute atomic E-state index is 0.227. The topological polar surface area (TPSA) is 24.5 Å². The maximum absolute atomic E-state index is 5.71. The van der Waals surface area contributed by atoms with Crippen LogP contribution in [0.5, 0.6) is 0 Å². The molecule has 2 atom stereocenters. The van der Waals surface area contributed by atoms with Gasteiger partial charge in [0.25, 0.3) is 0 Å². The minimum Gasteiger partial charge on any atom is -0.372 e. The van der Waals surface area contributed by atoms with Crippen molar-refractivity contribution in [3.8, 4) is 0 Å². The summed E-state index contributed by atoms with van der Waals surface area (Å²) in [6.07, 6.45) is 0.454. The molecule has 1 aromatic rings. The number of ether oxygens (including phenoxy) is 1. The van der Waals surface area contributed by atoms with Crippen LogP contribution in [0.1, 0.15) is 19.4 Å². The molecule has 0 saturated carbocycles. The monoisotopic (exact) mass is 264 g/mol. The number of hydrogen-bond donors (Lipinski definition) is 1. The number of aryl methyl sites for hydroxylation is 1. The molecule has 1 aliphatic heterocycles. The largest absolute Gasteiger partial charge is 0.372 e. The van der Waals surface area contributed by atoms with Crippen molar-refractivity contribution >= 4 is 23.0 Å². The van der Waals surface area contributed by atoms with Gasteiger partial charge in [-0.25, -0.2) is 0 Å². The van der Waals surface area contributed by atoms with Crippen LogP contribution in [0, 0.1) is 6.92 Å². The average molecular weight is 264 g/mol. The fourth-order valence-corrected chi connectivity index (χ4v) is 2.51. The van der Waals surface area contributed by atoms with Gasteiger partial charge in [-0.1, -0.05) is 18.2 Å². The van der Waals surface area contributed by atoms with Gasteiger partial charge in [-0.15, -0.1) is 0 Å². The van der Waals surface area contributed by atoms with Crippen molar-refractivity contribution in [3.63, 3.8) is 0 Å². The van der Waals surface area contributed by atoms with Crippen molar-refractivity contribution in [2.45, 2.75) is 33.0 Å². The summed E-state index contributed by atoms with van der Waals surface area (Å²) in [5.41, 5.74) is 2.28. The summed E-state index contributed by atoms with van der Waals surface area (Å²) in [5.74, 6) is 0. The van der Waals surface area contributed by atoms with Gasteiger partial charge in [-0.3, -0.25) is 0 Å². The van der Waals surface area contributed by atoms with Crippen molar-refractivity contribution in [3.05, 3.63) is 29.8 Å². The van der Waals surface area contributed by atoms with Gasteiger partial charge in [0.1, 0.15) is 0 Å². The number of anilines is 1. The van der Waals surface area contributed by atoms with Crippen molar-refractivity contribution in [1.82, 2.24) is 4.90 Å². The summed E-state index contributed by atoms with van der Waals surface area (Å²) in [6.45, 7) is 7.94. The standard InChI is InChI=1S/C14H20N2OS/c1-10-6-4-5-7-13(10)15-14(18)16-8-11(2)17-12(3)9-16/h4-7,11-12H,8-9H2,1-3H3,(H,15,18). The highest BCUT2D eigenvalue weighted by Crippen LogP contribution is 2.16. The molecule has 18 heavy (non-hydrogen) atoms. The quantitative estimate of drug-likeness (QED) is 0.788. The molecule has 0 aliphatic carbocycles. The summed E-state index contributed by atoms with van der Waals surface area (Å²) in [7, 11) is 0. The van der Waals surface area contributed by atoms with E-state index >= 15 is 0 Å². The van der Waals surface area contributed by atoms with E-state index in [0.717, 1.165) is 23.9 Å². The molecule has 2 unspecified atom stereocenters. The maximum atomic E-state index is 5.71. The van der Waals surface area contributed by atoms with Crippen LogP contribution in [0.15, 0.2) is 24.3 Å². The Morgan fingerprint density at radius 3 is 2.50 bits per heavy atom. The Morgan fingerprint density at radius 2 is 1.89 bits per heavy atom. The lowest BCUT2D eigenvalue weighted by Gasteiger charge is -2.37. The van der Waals surface area contributed by atoms with E-state index in [1.54, 1.807) is 0 Å². The van der Waals surface area contributed by atoms with Crippen LogP contribution in [0.4, 0.5) is 5.69 Å². The first-order valence-corrected chi connectivity index (χ1v) is 6.74. The van der Waals surface area contributed by atoms with Crippen LogP contribution in [0.2, 0.25) is 0 Å². The molecule has 98 valence electrons. The Morgan fingerprint density at radius 1 is 1.28 bits per heavy atom. The zero-order chi connectivity index (χ0) is 13.1. The zero-order valence-corrected chi connectivity index (χ0v) is 12.0. The maximum Gasteiger partial charge on any atom is 0.173 e. The average Bonchev–Trinajstić information content (AvgIpc) is 2.31. The molecular formula is C14H20N2OS. The van der Waals surface area contributed by atoms with Crippen LogP contribution in [0.25, 0.3) is 0 Å². The number of nitrogens with zero attached hydrogens (tertiary/aromatic N) is 1. The van der Waals surface area contributed by atoms with Gasteiger partial charge < -0.3 is 15.0 Å². The van der Waals surface area contributed by atoms with E-state index in [4.69, 9.17) is 17.0 Å². The number of para-hydroxylation sites is 1. The molecule has 4 heteroatoms. The van der Waals surface area contributed by atoms with E-state index < -0.39 is 0 Å². The first kappa shape index (κ1) is 13.3. The highest BCUT2D eigenvalue weighted by molar-refractivity contribution is 7.80. The van der Waals surface area contributed by atoms with Gasteiger partial charge in [0.2, 0.25) is 0 Å². The smallest absolute Gasteiger partial charge is 0.173 e. The van der Waals surface area contributed by atoms with Gasteiger partial charge in [0.15, 0.2) is 5.11 Å². The van der Waals surface area contributed by atoms with Crippen molar-refractivity contribution in [2.24, 2.45) is 0 Å². The fourth-order valence-electron chi connectivity index (χ4n) is 2.25. The first-order chi connectivity index (χ1) is 8.56. The first-order valence-electron chi connectivity index (χ1n) is 6.33. The molecule has 0 bridgehead atoms. The van der Waals surface area contributed by atoms with Crippen LogP contribution in [0.3, 0.4) is 0 Å². The molecule has 2 rings (SSSR count). The SMILES string of the molecule is Cc1ccccc1NC(=S)N1CC(C)OC(C)C1. The lowest BCUT2D eigenvalue weighted by molar-refractivity contribution is -0.0473. The summed E-state index contributed by atoms with van der Waals surface area (Å²) in [6, 6.07) is 8.18. The molecule has 1 N–H and O–H groups in total. The van der Waals surface area contributed by atoms with Crippen molar-refractivity contribution in [1.29, 1.82) is 0 Å². The van der Waals surface area contributed by atoms with Gasteiger partial charge in [-0.2, -0.15) is 0 Å². The van der Waals surface area contributed by atoms with Crippen LogP contribution in [-0.4, -0.2) is 35.3 Å². The molecule has 1 heterocycles. The predicted octanol–water partition coefficient (Wildman–Crippen LogP) is 2.80. The molecule has 3 nitrogen and oxygen atoms in total. The predicted molar refractivity (Wildman–Crippen MR) is 79.0 cm³/mol. The summed E-state index contributed by atoms with van der Waals surface area (Å²) in [5, 5.41) is 4.11. The molecule has 0 spiro atoms. The Hall–Kier alpha value is -1.13. The van der Waals surface area contributed by atoms with E-state index in [1.165, 1.54) is 5.56 Å². The van der Waals surface area contributed by atoms with Crippen LogP contribution >= 0.6 is 12.2 Å². The molecular weight excluding hydrogens is 244 g/mol. The Kier molecular flexibility index (Phi) is 4.19. The molecule has 1 fully saturated rings.